The molecule has 0 aliphatic carbocycles. The van der Waals surface area contributed by atoms with Crippen LogP contribution in [-0.2, 0) is 4.79 Å². The molecule has 0 radical (unpaired) electrons. The van der Waals surface area contributed by atoms with Crippen LogP contribution in [0.2, 0.25) is 0 Å². The highest BCUT2D eigenvalue weighted by Gasteiger charge is 2.25. The molecule has 7 heteroatoms. The van der Waals surface area contributed by atoms with Gasteiger partial charge in [-0.25, -0.2) is 13.2 Å². The Morgan fingerprint density at radius 3 is 2.76 bits per heavy atom. The Morgan fingerprint density at radius 1 is 1.16 bits per heavy atom. The molecule has 0 bridgehead atoms. The summed E-state index contributed by atoms with van der Waals surface area (Å²) in [6, 6.07) is 9.36. The minimum atomic E-state index is -1.02. The fourth-order valence-corrected chi connectivity index (χ4v) is 2.94. The van der Waals surface area contributed by atoms with Gasteiger partial charge in [0.1, 0.15) is 5.82 Å². The van der Waals surface area contributed by atoms with E-state index in [1.807, 2.05) is 11.0 Å². The van der Waals surface area contributed by atoms with Gasteiger partial charge >= 0.3 is 0 Å². The van der Waals surface area contributed by atoms with E-state index in [4.69, 9.17) is 0 Å². The van der Waals surface area contributed by atoms with Gasteiger partial charge in [-0.15, -0.1) is 0 Å². The zero-order chi connectivity index (χ0) is 17.8. The van der Waals surface area contributed by atoms with Crippen LogP contribution in [0.1, 0.15) is 11.6 Å². The summed E-state index contributed by atoms with van der Waals surface area (Å²) < 4.78 is 39.7. The van der Waals surface area contributed by atoms with E-state index >= 15 is 0 Å². The van der Waals surface area contributed by atoms with Gasteiger partial charge in [0.2, 0.25) is 5.91 Å². The maximum Gasteiger partial charge on any atom is 0.238 e. The van der Waals surface area contributed by atoms with Crippen molar-refractivity contribution in [3.8, 4) is 0 Å². The van der Waals surface area contributed by atoms with Crippen molar-refractivity contribution >= 4 is 11.6 Å². The van der Waals surface area contributed by atoms with E-state index in [0.717, 1.165) is 17.7 Å². The number of anilines is 1. The lowest BCUT2D eigenvalue weighted by atomic mass is 10.0. The number of carbonyl (C=O) groups is 1. The SMILES string of the molecule is O=C(CN1CCNCC1c1cccc(F)c1)Nc1ccc(F)c(F)c1. The van der Waals surface area contributed by atoms with Crippen LogP contribution in [0.15, 0.2) is 42.5 Å². The number of amides is 1. The molecule has 1 unspecified atom stereocenters. The maximum atomic E-state index is 13.5. The van der Waals surface area contributed by atoms with Crippen LogP contribution in [0, 0.1) is 17.5 Å². The van der Waals surface area contributed by atoms with Gasteiger partial charge < -0.3 is 10.6 Å². The van der Waals surface area contributed by atoms with Gasteiger partial charge in [0.15, 0.2) is 11.6 Å². The Labute approximate surface area is 143 Å². The van der Waals surface area contributed by atoms with E-state index in [9.17, 15) is 18.0 Å². The number of halogens is 3. The molecule has 1 aliphatic rings. The number of benzene rings is 2. The molecular weight excluding hydrogens is 331 g/mol. The van der Waals surface area contributed by atoms with Gasteiger partial charge in [0, 0.05) is 37.4 Å². The third-order valence-electron chi connectivity index (χ3n) is 4.14. The van der Waals surface area contributed by atoms with E-state index in [1.165, 1.54) is 18.2 Å². The van der Waals surface area contributed by atoms with Crippen molar-refractivity contribution in [1.82, 2.24) is 10.2 Å². The summed E-state index contributed by atoms with van der Waals surface area (Å²) in [7, 11) is 0. The predicted octanol–water partition coefficient (Wildman–Crippen LogP) is 2.69. The number of nitrogens with one attached hydrogen (secondary N) is 2. The van der Waals surface area contributed by atoms with Gasteiger partial charge in [-0.05, 0) is 29.8 Å². The Bertz CT molecular complexity index is 769. The van der Waals surface area contributed by atoms with E-state index in [1.54, 1.807) is 6.07 Å². The molecule has 2 aromatic carbocycles. The van der Waals surface area contributed by atoms with E-state index < -0.39 is 11.6 Å². The summed E-state index contributed by atoms with van der Waals surface area (Å²) in [5.41, 5.74) is 0.981. The highest BCUT2D eigenvalue weighted by Crippen LogP contribution is 2.23. The first-order chi connectivity index (χ1) is 12.0. The smallest absolute Gasteiger partial charge is 0.238 e. The first kappa shape index (κ1) is 17.4. The number of carbonyl (C=O) groups excluding carboxylic acids is 1. The molecule has 1 atom stereocenters. The fraction of sp³-hybridized carbons (Fsp3) is 0.278. The lowest BCUT2D eigenvalue weighted by Crippen LogP contribution is -2.48. The number of hydrogen-bond donors (Lipinski definition) is 2. The lowest BCUT2D eigenvalue weighted by molar-refractivity contribution is -0.118. The first-order valence-corrected chi connectivity index (χ1v) is 7.98. The van der Waals surface area contributed by atoms with E-state index in [2.05, 4.69) is 10.6 Å². The van der Waals surface area contributed by atoms with E-state index in [0.29, 0.717) is 19.6 Å². The molecule has 0 aromatic heterocycles. The first-order valence-electron chi connectivity index (χ1n) is 7.98. The van der Waals surface area contributed by atoms with E-state index in [-0.39, 0.29) is 30.0 Å². The van der Waals surface area contributed by atoms with Crippen molar-refractivity contribution in [1.29, 1.82) is 0 Å². The van der Waals surface area contributed by atoms with Crippen molar-refractivity contribution in [2.75, 3.05) is 31.5 Å². The molecule has 2 aromatic rings. The maximum absolute atomic E-state index is 13.5. The van der Waals surface area contributed by atoms with Gasteiger partial charge in [-0.1, -0.05) is 12.1 Å². The normalized spacial score (nSPS) is 18.1. The zero-order valence-electron chi connectivity index (χ0n) is 13.4. The molecule has 3 rings (SSSR count). The summed E-state index contributed by atoms with van der Waals surface area (Å²) in [6.45, 7) is 2.00. The van der Waals surface area contributed by atoms with Gasteiger partial charge in [0.05, 0.1) is 6.54 Å². The summed E-state index contributed by atoms with van der Waals surface area (Å²) in [6.07, 6.45) is 0. The monoisotopic (exact) mass is 349 g/mol. The Kier molecular flexibility index (Phi) is 5.35. The van der Waals surface area contributed by atoms with Gasteiger partial charge in [-0.3, -0.25) is 9.69 Å². The summed E-state index contributed by atoms with van der Waals surface area (Å²) in [5, 5.41) is 5.79. The second-order valence-corrected chi connectivity index (χ2v) is 5.92. The van der Waals surface area contributed by atoms with Crippen molar-refractivity contribution in [2.24, 2.45) is 0 Å². The lowest BCUT2D eigenvalue weighted by Gasteiger charge is -2.36. The Hall–Kier alpha value is -2.38. The molecule has 1 heterocycles. The Balaban J connectivity index is 1.68. The molecule has 2 N–H and O–H groups in total. The van der Waals surface area contributed by atoms with Gasteiger partial charge in [-0.2, -0.15) is 0 Å². The summed E-state index contributed by atoms with van der Waals surface area (Å²) in [5.74, 6) is -2.65. The molecular formula is C18H18F3N3O. The van der Waals surface area contributed by atoms with Crippen molar-refractivity contribution in [2.45, 2.75) is 6.04 Å². The predicted molar refractivity (Wildman–Crippen MR) is 88.6 cm³/mol. The number of nitrogens with zero attached hydrogens (tertiary/aromatic N) is 1. The minimum absolute atomic E-state index is 0.0713. The number of piperazine rings is 1. The molecule has 1 saturated heterocycles. The average Bonchev–Trinajstić information content (AvgIpc) is 2.58. The molecule has 25 heavy (non-hydrogen) atoms. The summed E-state index contributed by atoms with van der Waals surface area (Å²) in [4.78, 5) is 14.2. The standard InChI is InChI=1S/C18H18F3N3O/c19-13-3-1-2-12(8-13)17-10-22-6-7-24(17)11-18(25)23-14-4-5-15(20)16(21)9-14/h1-5,8-9,17,22H,6-7,10-11H2,(H,23,25). The van der Waals surface area contributed by atoms with Crippen molar-refractivity contribution in [3.05, 3.63) is 65.5 Å². The largest absolute Gasteiger partial charge is 0.325 e. The van der Waals surface area contributed by atoms with Crippen LogP contribution < -0.4 is 10.6 Å². The van der Waals surface area contributed by atoms with Crippen molar-refractivity contribution < 1.29 is 18.0 Å². The fourth-order valence-electron chi connectivity index (χ4n) is 2.94. The third kappa shape index (κ3) is 4.37. The van der Waals surface area contributed by atoms with Crippen molar-refractivity contribution in [3.63, 3.8) is 0 Å². The molecule has 132 valence electrons. The molecule has 1 amide bonds. The average molecular weight is 349 g/mol. The van der Waals surface area contributed by atoms with Crippen LogP contribution in [0.3, 0.4) is 0 Å². The molecule has 4 nitrogen and oxygen atoms in total. The highest BCUT2D eigenvalue weighted by atomic mass is 19.2. The number of hydrogen-bond acceptors (Lipinski definition) is 3. The van der Waals surface area contributed by atoms with Crippen LogP contribution in [0.4, 0.5) is 18.9 Å². The van der Waals surface area contributed by atoms with Gasteiger partial charge in [0.25, 0.3) is 0 Å². The zero-order valence-corrected chi connectivity index (χ0v) is 13.4. The Morgan fingerprint density at radius 2 is 2.00 bits per heavy atom. The second kappa shape index (κ2) is 7.67. The summed E-state index contributed by atoms with van der Waals surface area (Å²) >= 11 is 0. The molecule has 0 saturated carbocycles. The molecule has 1 fully saturated rings. The molecule has 0 spiro atoms. The van der Waals surface area contributed by atoms with Crippen LogP contribution in [-0.4, -0.2) is 37.0 Å². The third-order valence-corrected chi connectivity index (χ3v) is 4.14. The van der Waals surface area contributed by atoms with Crippen LogP contribution >= 0.6 is 0 Å². The minimum Gasteiger partial charge on any atom is -0.325 e. The quantitative estimate of drug-likeness (QED) is 0.892. The second-order valence-electron chi connectivity index (χ2n) is 5.92. The molecule has 1 aliphatic heterocycles. The highest BCUT2D eigenvalue weighted by molar-refractivity contribution is 5.92. The number of rotatable bonds is 4. The van der Waals surface area contributed by atoms with Crippen LogP contribution in [0.25, 0.3) is 0 Å². The topological polar surface area (TPSA) is 44.4 Å². The van der Waals surface area contributed by atoms with Crippen LogP contribution in [0.5, 0.6) is 0 Å².